The molecule has 0 spiro atoms. The van der Waals surface area contributed by atoms with Crippen LogP contribution >= 0.6 is 11.6 Å². The number of pyridine rings is 1. The van der Waals surface area contributed by atoms with Crippen LogP contribution in [0.4, 0.5) is 5.82 Å². The summed E-state index contributed by atoms with van der Waals surface area (Å²) >= 11 is 5.88. The van der Waals surface area contributed by atoms with Gasteiger partial charge >= 0.3 is 0 Å². The predicted molar refractivity (Wildman–Crippen MR) is 82.0 cm³/mol. The summed E-state index contributed by atoms with van der Waals surface area (Å²) in [5.41, 5.74) is 2.19. The Morgan fingerprint density at radius 1 is 1.32 bits per heavy atom. The number of piperidine rings is 1. The van der Waals surface area contributed by atoms with Gasteiger partial charge in [-0.15, -0.1) is 11.6 Å². The number of hydrogen-bond acceptors (Lipinski definition) is 3. The number of halogens is 1. The molecule has 0 bridgehead atoms. The first-order valence-electron chi connectivity index (χ1n) is 7.02. The number of hydrogen-bond donors (Lipinski definition) is 0. The Labute approximate surface area is 121 Å². The van der Waals surface area contributed by atoms with Gasteiger partial charge in [0.25, 0.3) is 0 Å². The zero-order chi connectivity index (χ0) is 13.8. The topological polar surface area (TPSA) is 19.4 Å². The van der Waals surface area contributed by atoms with Crippen LogP contribution < -0.4 is 4.90 Å². The van der Waals surface area contributed by atoms with Crippen LogP contribution in [0.5, 0.6) is 0 Å². The van der Waals surface area contributed by atoms with E-state index in [0.29, 0.717) is 5.88 Å². The van der Waals surface area contributed by atoms with Crippen molar-refractivity contribution in [2.45, 2.75) is 25.6 Å². The summed E-state index contributed by atoms with van der Waals surface area (Å²) < 4.78 is 0. The first-order valence-corrected chi connectivity index (χ1v) is 7.55. The Kier molecular flexibility index (Phi) is 5.06. The number of aryl methyl sites for hydroxylation is 1. The minimum atomic E-state index is 0.546. The van der Waals surface area contributed by atoms with Gasteiger partial charge in [-0.3, -0.25) is 0 Å². The maximum absolute atomic E-state index is 5.88. The van der Waals surface area contributed by atoms with E-state index < -0.39 is 0 Å². The predicted octanol–water partition coefficient (Wildman–Crippen LogP) is 2.91. The summed E-state index contributed by atoms with van der Waals surface area (Å²) in [5, 5.41) is 0. The fourth-order valence-corrected chi connectivity index (χ4v) is 3.04. The van der Waals surface area contributed by atoms with Crippen LogP contribution in [0, 0.1) is 12.8 Å². The molecule has 0 aromatic carbocycles. The zero-order valence-corrected chi connectivity index (χ0v) is 13.0. The number of alkyl halides is 1. The van der Waals surface area contributed by atoms with Gasteiger partial charge in [-0.25, -0.2) is 4.98 Å². The third-order valence-electron chi connectivity index (χ3n) is 3.89. The van der Waals surface area contributed by atoms with E-state index in [2.05, 4.69) is 41.0 Å². The monoisotopic (exact) mass is 281 g/mol. The number of aromatic nitrogens is 1. The zero-order valence-electron chi connectivity index (χ0n) is 12.2. The summed E-state index contributed by atoms with van der Waals surface area (Å²) in [4.78, 5) is 9.37. The van der Waals surface area contributed by atoms with Gasteiger partial charge in [-0.05, 0) is 51.4 Å². The highest BCUT2D eigenvalue weighted by Crippen LogP contribution is 2.23. The van der Waals surface area contributed by atoms with Crippen molar-refractivity contribution in [3.63, 3.8) is 0 Å². The standard InChI is InChI=1S/C15H24ClN3/c1-12-14(10-16)4-5-15(17-12)19-8-6-13(7-9-19)11-18(2)3/h4-5,13H,6-11H2,1-3H3. The lowest BCUT2D eigenvalue weighted by atomic mass is 9.96. The van der Waals surface area contributed by atoms with E-state index in [9.17, 15) is 0 Å². The van der Waals surface area contributed by atoms with Crippen molar-refractivity contribution in [1.82, 2.24) is 9.88 Å². The highest BCUT2D eigenvalue weighted by atomic mass is 35.5. The van der Waals surface area contributed by atoms with Gasteiger partial charge in [-0.2, -0.15) is 0 Å². The van der Waals surface area contributed by atoms with Gasteiger partial charge in [-0.1, -0.05) is 6.07 Å². The van der Waals surface area contributed by atoms with Crippen LogP contribution in [-0.4, -0.2) is 43.6 Å². The van der Waals surface area contributed by atoms with Crippen molar-refractivity contribution in [2.24, 2.45) is 5.92 Å². The molecule has 1 aliphatic rings. The van der Waals surface area contributed by atoms with Gasteiger partial charge < -0.3 is 9.80 Å². The molecule has 1 aromatic rings. The van der Waals surface area contributed by atoms with Crippen molar-refractivity contribution in [3.8, 4) is 0 Å². The highest BCUT2D eigenvalue weighted by Gasteiger charge is 2.20. The van der Waals surface area contributed by atoms with E-state index in [1.54, 1.807) is 0 Å². The highest BCUT2D eigenvalue weighted by molar-refractivity contribution is 6.17. The summed E-state index contributed by atoms with van der Waals surface area (Å²) in [7, 11) is 4.31. The van der Waals surface area contributed by atoms with Crippen molar-refractivity contribution >= 4 is 17.4 Å². The van der Waals surface area contributed by atoms with Crippen LogP contribution in [0.25, 0.3) is 0 Å². The molecular formula is C15H24ClN3. The van der Waals surface area contributed by atoms with E-state index in [1.807, 2.05) is 6.92 Å². The Morgan fingerprint density at radius 2 is 2.00 bits per heavy atom. The molecule has 106 valence electrons. The fraction of sp³-hybridized carbons (Fsp3) is 0.667. The van der Waals surface area contributed by atoms with Crippen molar-refractivity contribution in [3.05, 3.63) is 23.4 Å². The van der Waals surface area contributed by atoms with Gasteiger partial charge in [0, 0.05) is 31.2 Å². The molecule has 3 nitrogen and oxygen atoms in total. The van der Waals surface area contributed by atoms with Crippen LogP contribution in [0.2, 0.25) is 0 Å². The first-order chi connectivity index (χ1) is 9.10. The molecule has 0 saturated carbocycles. The molecule has 2 heterocycles. The Hall–Kier alpha value is -0.800. The number of nitrogens with zero attached hydrogens (tertiary/aromatic N) is 3. The van der Waals surface area contributed by atoms with Crippen LogP contribution in [0.15, 0.2) is 12.1 Å². The molecule has 19 heavy (non-hydrogen) atoms. The minimum Gasteiger partial charge on any atom is -0.357 e. The van der Waals surface area contributed by atoms with Crippen molar-refractivity contribution < 1.29 is 0 Å². The number of rotatable bonds is 4. The summed E-state index contributed by atoms with van der Waals surface area (Å²) in [6.45, 7) is 5.47. The molecule has 0 amide bonds. The maximum atomic E-state index is 5.88. The van der Waals surface area contributed by atoms with Crippen molar-refractivity contribution in [1.29, 1.82) is 0 Å². The normalized spacial score (nSPS) is 17.2. The summed E-state index contributed by atoms with van der Waals surface area (Å²) in [6, 6.07) is 4.22. The quantitative estimate of drug-likeness (QED) is 0.791. The lowest BCUT2D eigenvalue weighted by molar-refractivity contribution is 0.284. The summed E-state index contributed by atoms with van der Waals surface area (Å²) in [5.74, 6) is 2.48. The Bertz CT molecular complexity index is 412. The molecule has 4 heteroatoms. The largest absolute Gasteiger partial charge is 0.357 e. The fourth-order valence-electron chi connectivity index (χ4n) is 2.76. The Morgan fingerprint density at radius 3 is 2.53 bits per heavy atom. The molecule has 0 aliphatic carbocycles. The molecule has 0 atom stereocenters. The molecule has 1 saturated heterocycles. The van der Waals surface area contributed by atoms with Gasteiger partial charge in [0.1, 0.15) is 5.82 Å². The average molecular weight is 282 g/mol. The average Bonchev–Trinajstić information content (AvgIpc) is 2.39. The van der Waals surface area contributed by atoms with E-state index in [-0.39, 0.29) is 0 Å². The lowest BCUT2D eigenvalue weighted by Gasteiger charge is -2.34. The van der Waals surface area contributed by atoms with Gasteiger partial charge in [0.05, 0.1) is 0 Å². The van der Waals surface area contributed by atoms with E-state index >= 15 is 0 Å². The van der Waals surface area contributed by atoms with Crippen LogP contribution in [0.3, 0.4) is 0 Å². The molecule has 1 aromatic heterocycles. The molecule has 1 aliphatic heterocycles. The second kappa shape index (κ2) is 6.58. The molecule has 0 N–H and O–H groups in total. The van der Waals surface area contributed by atoms with Gasteiger partial charge in [0.15, 0.2) is 0 Å². The van der Waals surface area contributed by atoms with Gasteiger partial charge in [0.2, 0.25) is 0 Å². The molecule has 2 rings (SSSR count). The van der Waals surface area contributed by atoms with Crippen LogP contribution in [0.1, 0.15) is 24.1 Å². The lowest BCUT2D eigenvalue weighted by Crippen LogP contribution is -2.37. The van der Waals surface area contributed by atoms with Crippen molar-refractivity contribution in [2.75, 3.05) is 38.6 Å². The maximum Gasteiger partial charge on any atom is 0.128 e. The summed E-state index contributed by atoms with van der Waals surface area (Å²) in [6.07, 6.45) is 2.52. The SMILES string of the molecule is Cc1nc(N2CCC(CN(C)C)CC2)ccc1CCl. The number of anilines is 1. The molecule has 1 fully saturated rings. The smallest absolute Gasteiger partial charge is 0.128 e. The Balaban J connectivity index is 1.96. The molecular weight excluding hydrogens is 258 g/mol. The second-order valence-electron chi connectivity index (χ2n) is 5.74. The minimum absolute atomic E-state index is 0.546. The third-order valence-corrected chi connectivity index (χ3v) is 4.17. The second-order valence-corrected chi connectivity index (χ2v) is 6.01. The third kappa shape index (κ3) is 3.83. The molecule has 0 radical (unpaired) electrons. The van der Waals surface area contributed by atoms with E-state index in [4.69, 9.17) is 11.6 Å². The molecule has 0 unspecified atom stereocenters. The van der Waals surface area contributed by atoms with E-state index in [0.717, 1.165) is 36.1 Å². The van der Waals surface area contributed by atoms with Crippen LogP contribution in [-0.2, 0) is 5.88 Å². The first kappa shape index (κ1) is 14.6. The van der Waals surface area contributed by atoms with E-state index in [1.165, 1.54) is 19.4 Å².